The number of hydrogen-bond donors (Lipinski definition) is 1. The number of nitro benzene ring substituents is 1. The van der Waals surface area contributed by atoms with Gasteiger partial charge in [-0.2, -0.15) is 0 Å². The first-order valence-corrected chi connectivity index (χ1v) is 8.19. The second kappa shape index (κ2) is 7.76. The molecule has 1 N–H and O–H groups in total. The van der Waals surface area contributed by atoms with Crippen LogP contribution in [0.1, 0.15) is 5.56 Å². The van der Waals surface area contributed by atoms with Crippen LogP contribution in [-0.4, -0.2) is 42.0 Å². The van der Waals surface area contributed by atoms with Gasteiger partial charge in [0.2, 0.25) is 5.91 Å². The quantitative estimate of drug-likeness (QED) is 0.665. The Labute approximate surface area is 146 Å². The van der Waals surface area contributed by atoms with Crippen LogP contribution in [0, 0.1) is 10.1 Å². The van der Waals surface area contributed by atoms with Gasteiger partial charge in [-0.15, -0.1) is 0 Å². The molecule has 7 nitrogen and oxygen atoms in total. The maximum Gasteiger partial charge on any atom is 0.269 e. The number of carbonyl (C=O) groups excluding carboxylic acids is 1. The number of nitrogens with one attached hydrogen (secondary N) is 1. The van der Waals surface area contributed by atoms with E-state index in [0.717, 1.165) is 26.2 Å². The van der Waals surface area contributed by atoms with Gasteiger partial charge in [-0.25, -0.2) is 5.01 Å². The molecular formula is C18H20N4O3. The molecule has 7 heteroatoms. The van der Waals surface area contributed by atoms with E-state index in [-0.39, 0.29) is 18.0 Å². The summed E-state index contributed by atoms with van der Waals surface area (Å²) in [6.07, 6.45) is 0.126. The highest BCUT2D eigenvalue weighted by atomic mass is 16.6. The third-order valence-electron chi connectivity index (χ3n) is 4.17. The molecule has 1 fully saturated rings. The van der Waals surface area contributed by atoms with Gasteiger partial charge in [0.1, 0.15) is 0 Å². The average Bonchev–Trinajstić information content (AvgIpc) is 2.63. The molecular weight excluding hydrogens is 320 g/mol. The van der Waals surface area contributed by atoms with Gasteiger partial charge in [0.15, 0.2) is 0 Å². The highest BCUT2D eigenvalue weighted by molar-refractivity contribution is 5.78. The molecule has 1 amide bonds. The van der Waals surface area contributed by atoms with Gasteiger partial charge in [0.25, 0.3) is 5.69 Å². The predicted molar refractivity (Wildman–Crippen MR) is 95.2 cm³/mol. The van der Waals surface area contributed by atoms with E-state index < -0.39 is 4.92 Å². The number of para-hydroxylation sites is 1. The molecule has 3 rings (SSSR count). The van der Waals surface area contributed by atoms with E-state index in [0.29, 0.717) is 5.56 Å². The minimum absolute atomic E-state index is 0.00164. The van der Waals surface area contributed by atoms with E-state index in [4.69, 9.17) is 0 Å². The summed E-state index contributed by atoms with van der Waals surface area (Å²) in [5.74, 6) is -0.159. The Bertz CT molecular complexity index is 743. The largest absolute Gasteiger partial charge is 0.369 e. The second-order valence-electron chi connectivity index (χ2n) is 5.95. The molecule has 130 valence electrons. The monoisotopic (exact) mass is 340 g/mol. The van der Waals surface area contributed by atoms with Crippen LogP contribution in [0.4, 0.5) is 11.4 Å². The van der Waals surface area contributed by atoms with Crippen LogP contribution in [0.15, 0.2) is 54.6 Å². The number of anilines is 1. The van der Waals surface area contributed by atoms with Gasteiger partial charge < -0.3 is 4.90 Å². The molecule has 1 aliphatic heterocycles. The summed E-state index contributed by atoms with van der Waals surface area (Å²) in [4.78, 5) is 24.8. The number of carbonyl (C=O) groups is 1. The van der Waals surface area contributed by atoms with Crippen molar-refractivity contribution in [3.63, 3.8) is 0 Å². The van der Waals surface area contributed by atoms with Crippen LogP contribution in [-0.2, 0) is 11.2 Å². The number of amides is 1. The minimum Gasteiger partial charge on any atom is -0.369 e. The van der Waals surface area contributed by atoms with Crippen molar-refractivity contribution in [2.24, 2.45) is 0 Å². The van der Waals surface area contributed by atoms with Gasteiger partial charge in [0, 0.05) is 44.0 Å². The zero-order valence-corrected chi connectivity index (χ0v) is 13.8. The van der Waals surface area contributed by atoms with Gasteiger partial charge in [-0.1, -0.05) is 30.3 Å². The van der Waals surface area contributed by atoms with Crippen molar-refractivity contribution < 1.29 is 9.72 Å². The van der Waals surface area contributed by atoms with Gasteiger partial charge >= 0.3 is 0 Å². The van der Waals surface area contributed by atoms with Gasteiger partial charge in [-0.3, -0.25) is 20.3 Å². The van der Waals surface area contributed by atoms with Crippen molar-refractivity contribution >= 4 is 17.3 Å². The fraction of sp³-hybridized carbons (Fsp3) is 0.278. The molecule has 0 atom stereocenters. The van der Waals surface area contributed by atoms with E-state index in [1.807, 2.05) is 23.2 Å². The lowest BCUT2D eigenvalue weighted by Gasteiger charge is -2.36. The number of benzene rings is 2. The van der Waals surface area contributed by atoms with Crippen molar-refractivity contribution in [1.82, 2.24) is 10.4 Å². The molecule has 2 aromatic carbocycles. The third kappa shape index (κ3) is 4.54. The summed E-state index contributed by atoms with van der Waals surface area (Å²) in [5.41, 5.74) is 4.71. The molecule has 0 aromatic heterocycles. The molecule has 0 aliphatic carbocycles. The summed E-state index contributed by atoms with van der Waals surface area (Å²) in [6.45, 7) is 3.13. The molecule has 0 spiro atoms. The summed E-state index contributed by atoms with van der Waals surface area (Å²) < 4.78 is 0. The molecule has 25 heavy (non-hydrogen) atoms. The van der Waals surface area contributed by atoms with Crippen LogP contribution < -0.4 is 10.3 Å². The Morgan fingerprint density at radius 2 is 1.76 bits per heavy atom. The molecule has 2 aromatic rings. The van der Waals surface area contributed by atoms with Crippen molar-refractivity contribution in [2.45, 2.75) is 6.42 Å². The third-order valence-corrected chi connectivity index (χ3v) is 4.17. The molecule has 0 radical (unpaired) electrons. The van der Waals surface area contributed by atoms with E-state index in [9.17, 15) is 14.9 Å². The van der Waals surface area contributed by atoms with Crippen LogP contribution >= 0.6 is 0 Å². The smallest absolute Gasteiger partial charge is 0.269 e. The van der Waals surface area contributed by atoms with Crippen molar-refractivity contribution in [3.8, 4) is 0 Å². The van der Waals surface area contributed by atoms with E-state index in [1.165, 1.54) is 17.8 Å². The van der Waals surface area contributed by atoms with Crippen LogP contribution in [0.2, 0.25) is 0 Å². The molecule has 1 saturated heterocycles. The number of nitrogens with zero attached hydrogens (tertiary/aromatic N) is 3. The zero-order valence-electron chi connectivity index (χ0n) is 13.8. The van der Waals surface area contributed by atoms with Crippen molar-refractivity contribution in [3.05, 3.63) is 70.3 Å². The number of piperazine rings is 1. The van der Waals surface area contributed by atoms with Crippen molar-refractivity contribution in [1.29, 1.82) is 0 Å². The molecule has 1 heterocycles. The SMILES string of the molecule is O=C(Cc1cccc([N+](=O)[O-])c1)NN1CCN(c2ccccc2)CC1. The summed E-state index contributed by atoms with van der Waals surface area (Å²) in [6, 6.07) is 16.4. The van der Waals surface area contributed by atoms with E-state index in [1.54, 1.807) is 12.1 Å². The fourth-order valence-electron chi connectivity index (χ4n) is 2.90. The maximum absolute atomic E-state index is 12.2. The lowest BCUT2D eigenvalue weighted by Crippen LogP contribution is -2.54. The number of rotatable bonds is 5. The highest BCUT2D eigenvalue weighted by Crippen LogP contribution is 2.15. The normalized spacial score (nSPS) is 15.0. The Kier molecular flexibility index (Phi) is 5.25. The Morgan fingerprint density at radius 1 is 1.04 bits per heavy atom. The first kappa shape index (κ1) is 16.9. The summed E-state index contributed by atoms with van der Waals surface area (Å²) >= 11 is 0. The lowest BCUT2D eigenvalue weighted by molar-refractivity contribution is -0.384. The number of hydrogen-bond acceptors (Lipinski definition) is 5. The van der Waals surface area contributed by atoms with E-state index in [2.05, 4.69) is 22.5 Å². The predicted octanol–water partition coefficient (Wildman–Crippen LogP) is 1.99. The van der Waals surface area contributed by atoms with Crippen LogP contribution in [0.3, 0.4) is 0 Å². The first-order chi connectivity index (χ1) is 12.1. The minimum atomic E-state index is -0.454. The standard InChI is InChI=1S/C18H20N4O3/c23-18(14-15-5-4-8-17(13-15)22(24)25)19-21-11-9-20(10-12-21)16-6-2-1-3-7-16/h1-8,13H,9-12,14H2,(H,19,23). The molecule has 1 aliphatic rings. The number of nitro groups is 1. The van der Waals surface area contributed by atoms with Gasteiger partial charge in [0.05, 0.1) is 11.3 Å². The maximum atomic E-state index is 12.2. The highest BCUT2D eigenvalue weighted by Gasteiger charge is 2.19. The second-order valence-corrected chi connectivity index (χ2v) is 5.95. The fourth-order valence-corrected chi connectivity index (χ4v) is 2.90. The number of hydrazine groups is 1. The zero-order chi connectivity index (χ0) is 17.6. The molecule has 0 unspecified atom stereocenters. The van der Waals surface area contributed by atoms with Crippen molar-refractivity contribution in [2.75, 3.05) is 31.1 Å². The Hall–Kier alpha value is -2.93. The van der Waals surface area contributed by atoms with Crippen LogP contribution in [0.5, 0.6) is 0 Å². The Morgan fingerprint density at radius 3 is 2.44 bits per heavy atom. The summed E-state index contributed by atoms with van der Waals surface area (Å²) in [7, 11) is 0. The van der Waals surface area contributed by atoms with Crippen LogP contribution in [0.25, 0.3) is 0 Å². The Balaban J connectivity index is 1.49. The number of non-ortho nitro benzene ring substituents is 1. The summed E-state index contributed by atoms with van der Waals surface area (Å²) in [5, 5.41) is 12.7. The topological polar surface area (TPSA) is 78.7 Å². The molecule has 0 saturated carbocycles. The first-order valence-electron chi connectivity index (χ1n) is 8.19. The average molecular weight is 340 g/mol. The van der Waals surface area contributed by atoms with Gasteiger partial charge in [-0.05, 0) is 17.7 Å². The van der Waals surface area contributed by atoms with E-state index >= 15 is 0 Å². The molecule has 0 bridgehead atoms. The lowest BCUT2D eigenvalue weighted by atomic mass is 10.1.